The fourth-order valence-electron chi connectivity index (χ4n) is 4.74. The first-order chi connectivity index (χ1) is 20.8. The van der Waals surface area contributed by atoms with Crippen molar-refractivity contribution in [2.45, 2.75) is 44.2 Å². The molecule has 0 unspecified atom stereocenters. The van der Waals surface area contributed by atoms with Crippen LogP contribution in [0.25, 0.3) is 11.3 Å². The Morgan fingerprint density at radius 2 is 1.84 bits per heavy atom. The molecule has 1 atom stereocenters. The highest BCUT2D eigenvalue weighted by atomic mass is 35.5. The predicted octanol–water partition coefficient (Wildman–Crippen LogP) is 7.94. The van der Waals surface area contributed by atoms with Crippen LogP contribution in [0.4, 0.5) is 14.5 Å². The zero-order chi connectivity index (χ0) is 31.8. The Labute approximate surface area is 268 Å². The summed E-state index contributed by atoms with van der Waals surface area (Å²) in [5.41, 5.74) is 6.29. The Bertz CT molecular complexity index is 1770. The summed E-state index contributed by atoms with van der Waals surface area (Å²) >= 11 is 19.0. The Balaban J connectivity index is 1.57. The van der Waals surface area contributed by atoms with Gasteiger partial charge < -0.3 is 16.2 Å². The molecular formula is C33H29Cl3F2N4O2. The maximum atomic E-state index is 15.9. The van der Waals surface area contributed by atoms with Crippen molar-refractivity contribution in [2.24, 2.45) is 4.99 Å². The summed E-state index contributed by atoms with van der Waals surface area (Å²) < 4.78 is 30.4. The second-order valence-corrected chi connectivity index (χ2v) is 12.4. The van der Waals surface area contributed by atoms with E-state index in [4.69, 9.17) is 40.5 Å². The van der Waals surface area contributed by atoms with Crippen molar-refractivity contribution in [3.63, 3.8) is 0 Å². The van der Waals surface area contributed by atoms with Crippen molar-refractivity contribution in [2.75, 3.05) is 12.3 Å². The number of benzene rings is 3. The lowest BCUT2D eigenvalue weighted by atomic mass is 9.89. The third-order valence-electron chi connectivity index (χ3n) is 7.31. The average Bonchev–Trinajstić information content (AvgIpc) is 3.80. The summed E-state index contributed by atoms with van der Waals surface area (Å²) in [6, 6.07) is 15.2. The third-order valence-corrected chi connectivity index (χ3v) is 8.44. The van der Waals surface area contributed by atoms with Crippen molar-refractivity contribution in [3.8, 4) is 11.3 Å². The van der Waals surface area contributed by atoms with Crippen LogP contribution in [0.1, 0.15) is 65.3 Å². The number of aromatic nitrogens is 1. The van der Waals surface area contributed by atoms with Gasteiger partial charge in [0.15, 0.2) is 5.82 Å². The molecule has 11 heteroatoms. The van der Waals surface area contributed by atoms with Gasteiger partial charge in [-0.25, -0.2) is 13.8 Å². The van der Waals surface area contributed by atoms with E-state index in [1.54, 1.807) is 36.5 Å². The van der Waals surface area contributed by atoms with Crippen molar-refractivity contribution < 1.29 is 18.7 Å². The zero-order valence-corrected chi connectivity index (χ0v) is 26.1. The Hall–Kier alpha value is -3.56. The van der Waals surface area contributed by atoms with E-state index in [1.165, 1.54) is 44.2 Å². The van der Waals surface area contributed by atoms with Gasteiger partial charge in [-0.1, -0.05) is 59.1 Å². The summed E-state index contributed by atoms with van der Waals surface area (Å²) in [4.78, 5) is 22.5. The molecule has 4 N–H and O–H groups in total. The fraction of sp³-hybridized carbons (Fsp3) is 0.242. The molecule has 0 spiro atoms. The molecule has 228 valence electrons. The van der Waals surface area contributed by atoms with Crippen molar-refractivity contribution >= 4 is 52.6 Å². The number of carbonyl (C=O) groups excluding carboxylic acids is 1. The van der Waals surface area contributed by atoms with Crippen LogP contribution in [0.3, 0.4) is 0 Å². The number of pyridine rings is 1. The lowest BCUT2D eigenvalue weighted by molar-refractivity contribution is 0.0743. The molecule has 1 heterocycles. The van der Waals surface area contributed by atoms with E-state index in [-0.39, 0.29) is 55.7 Å². The number of hydrogen-bond acceptors (Lipinski definition) is 5. The van der Waals surface area contributed by atoms with Gasteiger partial charge in [0.2, 0.25) is 0 Å². The molecule has 0 bridgehead atoms. The minimum atomic E-state index is -1.63. The number of carbonyl (C=O) groups is 1. The van der Waals surface area contributed by atoms with Crippen LogP contribution in [0.2, 0.25) is 15.1 Å². The van der Waals surface area contributed by atoms with Crippen LogP contribution < -0.4 is 11.1 Å². The van der Waals surface area contributed by atoms with Gasteiger partial charge in [0.05, 0.1) is 38.1 Å². The lowest BCUT2D eigenvalue weighted by Gasteiger charge is -2.25. The predicted molar refractivity (Wildman–Crippen MR) is 172 cm³/mol. The standard InChI is InChI=1S/C33H29Cl3F2N4O2/c1-33(2,44)24-14-27(42-31(29(24)38)22-7-4-8-25(34)28(22)36)23(17-5-3-6-20(37)12-17)16-41-32(43)18-11-19(15-40-21-9-10-21)30(39)26(35)13-18/h3-8,11-15,21,23,44H,9-10,16,39H2,1-2H3,(H,41,43)/t23-/m0/s1. The van der Waals surface area contributed by atoms with Crippen LogP contribution in [0.5, 0.6) is 0 Å². The highest BCUT2D eigenvalue weighted by Gasteiger charge is 2.29. The van der Waals surface area contributed by atoms with Gasteiger partial charge in [-0.15, -0.1) is 0 Å². The number of nitrogen functional groups attached to an aromatic ring is 1. The maximum absolute atomic E-state index is 15.9. The molecule has 3 aromatic carbocycles. The summed E-state index contributed by atoms with van der Waals surface area (Å²) in [5, 5.41) is 14.3. The number of rotatable bonds is 9. The van der Waals surface area contributed by atoms with Gasteiger partial charge in [0.25, 0.3) is 5.91 Å². The molecule has 1 fully saturated rings. The Morgan fingerprint density at radius 1 is 1.11 bits per heavy atom. The summed E-state index contributed by atoms with van der Waals surface area (Å²) in [7, 11) is 0. The molecule has 0 radical (unpaired) electrons. The normalized spacial score (nSPS) is 14.2. The first-order valence-corrected chi connectivity index (χ1v) is 15.0. The van der Waals surface area contributed by atoms with E-state index in [0.29, 0.717) is 16.8 Å². The quantitative estimate of drug-likeness (QED) is 0.126. The molecule has 44 heavy (non-hydrogen) atoms. The van der Waals surface area contributed by atoms with E-state index in [1.807, 2.05) is 0 Å². The first kappa shape index (κ1) is 31.9. The van der Waals surface area contributed by atoms with E-state index < -0.39 is 29.1 Å². The second kappa shape index (κ2) is 12.8. The monoisotopic (exact) mass is 656 g/mol. The number of nitrogens with one attached hydrogen (secondary N) is 1. The van der Waals surface area contributed by atoms with E-state index in [2.05, 4.69) is 15.3 Å². The van der Waals surface area contributed by atoms with Crippen LogP contribution in [-0.4, -0.2) is 34.8 Å². The molecule has 5 rings (SSSR count). The average molecular weight is 658 g/mol. The van der Waals surface area contributed by atoms with E-state index in [0.717, 1.165) is 12.8 Å². The highest BCUT2D eigenvalue weighted by Crippen LogP contribution is 2.38. The zero-order valence-electron chi connectivity index (χ0n) is 23.8. The molecule has 6 nitrogen and oxygen atoms in total. The smallest absolute Gasteiger partial charge is 0.251 e. The van der Waals surface area contributed by atoms with Crippen LogP contribution in [0, 0.1) is 11.6 Å². The van der Waals surface area contributed by atoms with E-state index >= 15 is 4.39 Å². The number of nitrogens with zero attached hydrogens (tertiary/aromatic N) is 2. The number of amides is 1. The topological polar surface area (TPSA) is 101 Å². The van der Waals surface area contributed by atoms with Gasteiger partial charge in [-0.3, -0.25) is 9.79 Å². The van der Waals surface area contributed by atoms with Gasteiger partial charge in [-0.2, -0.15) is 0 Å². The molecule has 1 aromatic heterocycles. The number of anilines is 1. The van der Waals surface area contributed by atoms with Crippen LogP contribution >= 0.6 is 34.8 Å². The van der Waals surface area contributed by atoms with Gasteiger partial charge in [0, 0.05) is 40.9 Å². The summed E-state index contributed by atoms with van der Waals surface area (Å²) in [6.07, 6.45) is 3.63. The SMILES string of the molecule is CC(C)(O)c1cc([C@@H](CNC(=O)c2cc(Cl)c(N)c(C=NC3CC3)c2)c2cccc(F)c2)nc(-c2cccc(Cl)c2Cl)c1F. The molecule has 1 saturated carbocycles. The number of aliphatic imine (C=N–C) groups is 1. The lowest BCUT2D eigenvalue weighted by Crippen LogP contribution is -2.30. The van der Waals surface area contributed by atoms with E-state index in [9.17, 15) is 14.3 Å². The minimum absolute atomic E-state index is 0.0637. The van der Waals surface area contributed by atoms with Gasteiger partial charge in [-0.05, 0) is 68.7 Å². The molecule has 1 aliphatic rings. The van der Waals surface area contributed by atoms with Crippen molar-refractivity contribution in [3.05, 3.63) is 115 Å². The minimum Gasteiger partial charge on any atom is -0.397 e. The fourth-order valence-corrected chi connectivity index (χ4v) is 5.35. The molecule has 0 aliphatic heterocycles. The van der Waals surface area contributed by atoms with Crippen molar-refractivity contribution in [1.82, 2.24) is 10.3 Å². The Morgan fingerprint density at radius 3 is 2.52 bits per heavy atom. The summed E-state index contributed by atoms with van der Waals surface area (Å²) in [5.74, 6) is -2.54. The maximum Gasteiger partial charge on any atom is 0.251 e. The largest absolute Gasteiger partial charge is 0.397 e. The van der Waals surface area contributed by atoms with Gasteiger partial charge in [0.1, 0.15) is 11.5 Å². The highest BCUT2D eigenvalue weighted by molar-refractivity contribution is 6.43. The number of aliphatic hydroxyl groups is 1. The van der Waals surface area contributed by atoms with Crippen LogP contribution in [0.15, 0.2) is 65.7 Å². The number of nitrogens with two attached hydrogens (primary N) is 1. The molecular weight excluding hydrogens is 629 g/mol. The number of hydrogen-bond donors (Lipinski definition) is 3. The molecule has 1 amide bonds. The molecule has 4 aromatic rings. The Kier molecular flexibility index (Phi) is 9.28. The first-order valence-electron chi connectivity index (χ1n) is 13.9. The second-order valence-electron chi connectivity index (χ2n) is 11.2. The van der Waals surface area contributed by atoms with Gasteiger partial charge >= 0.3 is 0 Å². The molecule has 1 aliphatic carbocycles. The van der Waals surface area contributed by atoms with Crippen molar-refractivity contribution in [1.29, 1.82) is 0 Å². The van der Waals surface area contributed by atoms with Crippen LogP contribution in [-0.2, 0) is 5.60 Å². The number of halogens is 5. The molecule has 0 saturated heterocycles. The summed E-state index contributed by atoms with van der Waals surface area (Å²) in [6.45, 7) is 2.81. The third kappa shape index (κ3) is 7.05.